The topological polar surface area (TPSA) is 39.9 Å². The van der Waals surface area contributed by atoms with Crippen LogP contribution in [0.15, 0.2) is 41.6 Å². The zero-order valence-corrected chi connectivity index (χ0v) is 16.0. The average molecular weight is 414 g/mol. The van der Waals surface area contributed by atoms with Crippen molar-refractivity contribution in [3.05, 3.63) is 70.3 Å². The summed E-state index contributed by atoms with van der Waals surface area (Å²) in [5, 5.41) is 8.99. The standard InChI is InChI=1S/C18H15ClF3N3OS/c1-10(26-16-7-6-11(20)8-15(16)22)17-23-24-18(25(17)2)27-9-12-13(19)4-3-5-14(12)21/h3-8,10H,9H2,1-2H3. The van der Waals surface area contributed by atoms with Crippen LogP contribution in [0.5, 0.6) is 5.75 Å². The zero-order valence-electron chi connectivity index (χ0n) is 14.4. The largest absolute Gasteiger partial charge is 0.480 e. The molecule has 0 aliphatic carbocycles. The van der Waals surface area contributed by atoms with Gasteiger partial charge in [0.1, 0.15) is 11.6 Å². The third-order valence-electron chi connectivity index (χ3n) is 3.84. The van der Waals surface area contributed by atoms with Crippen molar-refractivity contribution in [2.75, 3.05) is 0 Å². The highest BCUT2D eigenvalue weighted by molar-refractivity contribution is 7.98. The summed E-state index contributed by atoms with van der Waals surface area (Å²) in [5.74, 6) is -1.23. The van der Waals surface area contributed by atoms with Crippen LogP contribution in [-0.2, 0) is 12.8 Å². The SMILES string of the molecule is CC(Oc1ccc(F)cc1F)c1nnc(SCc2c(F)cccc2Cl)n1C. The molecule has 1 heterocycles. The Morgan fingerprint density at radius 1 is 1.15 bits per heavy atom. The Hall–Kier alpha value is -2.19. The van der Waals surface area contributed by atoms with Gasteiger partial charge in [0, 0.05) is 29.5 Å². The number of aromatic nitrogens is 3. The van der Waals surface area contributed by atoms with E-state index in [-0.39, 0.29) is 17.3 Å². The van der Waals surface area contributed by atoms with Gasteiger partial charge < -0.3 is 9.30 Å². The Labute approximate surface area is 163 Å². The summed E-state index contributed by atoms with van der Waals surface area (Å²) in [6.45, 7) is 1.68. The number of ether oxygens (including phenoxy) is 1. The van der Waals surface area contributed by atoms with Crippen molar-refractivity contribution >= 4 is 23.4 Å². The van der Waals surface area contributed by atoms with Crippen molar-refractivity contribution in [1.82, 2.24) is 14.8 Å². The van der Waals surface area contributed by atoms with Gasteiger partial charge in [-0.15, -0.1) is 10.2 Å². The van der Waals surface area contributed by atoms with E-state index in [1.54, 1.807) is 30.7 Å². The molecule has 0 fully saturated rings. The molecule has 9 heteroatoms. The zero-order chi connectivity index (χ0) is 19.6. The second-order valence-electron chi connectivity index (χ2n) is 5.72. The Balaban J connectivity index is 1.72. The molecule has 1 atom stereocenters. The Kier molecular flexibility index (Phi) is 5.96. The first-order valence-electron chi connectivity index (χ1n) is 7.93. The Morgan fingerprint density at radius 2 is 1.93 bits per heavy atom. The fraction of sp³-hybridized carbons (Fsp3) is 0.222. The van der Waals surface area contributed by atoms with Crippen molar-refractivity contribution in [1.29, 1.82) is 0 Å². The van der Waals surface area contributed by atoms with Crippen LogP contribution in [0, 0.1) is 17.5 Å². The highest BCUT2D eigenvalue weighted by Crippen LogP contribution is 2.29. The second kappa shape index (κ2) is 8.22. The fourth-order valence-corrected chi connectivity index (χ4v) is 3.69. The monoisotopic (exact) mass is 413 g/mol. The Bertz CT molecular complexity index is 947. The number of thioether (sulfide) groups is 1. The smallest absolute Gasteiger partial charge is 0.191 e. The van der Waals surface area contributed by atoms with Crippen LogP contribution in [0.2, 0.25) is 5.02 Å². The molecule has 2 aromatic carbocycles. The molecule has 0 aliphatic heterocycles. The quantitative estimate of drug-likeness (QED) is 0.513. The first kappa shape index (κ1) is 19.6. The molecule has 3 aromatic rings. The van der Waals surface area contributed by atoms with Crippen LogP contribution in [0.25, 0.3) is 0 Å². The molecular formula is C18H15ClF3N3OS. The van der Waals surface area contributed by atoms with E-state index in [4.69, 9.17) is 16.3 Å². The summed E-state index contributed by atoms with van der Waals surface area (Å²) >= 11 is 7.29. The lowest BCUT2D eigenvalue weighted by Gasteiger charge is -2.14. The molecule has 4 nitrogen and oxygen atoms in total. The summed E-state index contributed by atoms with van der Waals surface area (Å²) in [6, 6.07) is 7.58. The van der Waals surface area contributed by atoms with Gasteiger partial charge in [-0.1, -0.05) is 29.4 Å². The molecule has 0 spiro atoms. The number of rotatable bonds is 6. The van der Waals surface area contributed by atoms with E-state index < -0.39 is 17.7 Å². The van der Waals surface area contributed by atoms with E-state index in [1.807, 2.05) is 0 Å². The summed E-state index contributed by atoms with van der Waals surface area (Å²) in [4.78, 5) is 0. The van der Waals surface area contributed by atoms with Gasteiger partial charge in [0.2, 0.25) is 0 Å². The minimum atomic E-state index is -0.798. The molecule has 1 unspecified atom stereocenters. The molecular weight excluding hydrogens is 399 g/mol. The van der Waals surface area contributed by atoms with E-state index in [1.165, 1.54) is 23.9 Å². The van der Waals surface area contributed by atoms with Gasteiger partial charge in [0.25, 0.3) is 0 Å². The van der Waals surface area contributed by atoms with Gasteiger partial charge in [-0.2, -0.15) is 0 Å². The minimum Gasteiger partial charge on any atom is -0.480 e. The number of halogens is 4. The van der Waals surface area contributed by atoms with E-state index in [0.29, 0.717) is 21.6 Å². The predicted molar refractivity (Wildman–Crippen MR) is 97.4 cm³/mol. The fourth-order valence-electron chi connectivity index (χ4n) is 2.43. The first-order chi connectivity index (χ1) is 12.9. The van der Waals surface area contributed by atoms with Crippen LogP contribution in [0.1, 0.15) is 24.4 Å². The van der Waals surface area contributed by atoms with Gasteiger partial charge in [-0.05, 0) is 31.2 Å². The molecule has 1 aromatic heterocycles. The molecule has 3 rings (SSSR count). The van der Waals surface area contributed by atoms with E-state index in [0.717, 1.165) is 12.1 Å². The lowest BCUT2D eigenvalue weighted by molar-refractivity contribution is 0.201. The van der Waals surface area contributed by atoms with Gasteiger partial charge in [0.05, 0.1) is 0 Å². The summed E-state index contributed by atoms with van der Waals surface area (Å²) in [5.41, 5.74) is 0.381. The van der Waals surface area contributed by atoms with Crippen LogP contribution >= 0.6 is 23.4 Å². The predicted octanol–water partition coefficient (Wildman–Crippen LogP) is 5.32. The molecule has 0 aliphatic rings. The molecule has 0 amide bonds. The van der Waals surface area contributed by atoms with Gasteiger partial charge in [-0.25, -0.2) is 13.2 Å². The number of hydrogen-bond acceptors (Lipinski definition) is 4. The number of benzene rings is 2. The second-order valence-corrected chi connectivity index (χ2v) is 7.07. The van der Waals surface area contributed by atoms with Crippen molar-refractivity contribution in [3.63, 3.8) is 0 Å². The molecule has 0 N–H and O–H groups in total. The number of hydrogen-bond donors (Lipinski definition) is 0. The molecule has 142 valence electrons. The minimum absolute atomic E-state index is 0.0840. The van der Waals surface area contributed by atoms with Crippen LogP contribution in [0.3, 0.4) is 0 Å². The van der Waals surface area contributed by atoms with Gasteiger partial charge >= 0.3 is 0 Å². The third-order valence-corrected chi connectivity index (χ3v) is 5.24. The van der Waals surface area contributed by atoms with Crippen molar-refractivity contribution in [2.45, 2.75) is 23.9 Å². The average Bonchev–Trinajstić information content (AvgIpc) is 2.98. The molecule has 0 bridgehead atoms. The lowest BCUT2D eigenvalue weighted by Crippen LogP contribution is -2.11. The molecule has 0 saturated carbocycles. The highest BCUT2D eigenvalue weighted by Gasteiger charge is 2.19. The first-order valence-corrected chi connectivity index (χ1v) is 9.30. The summed E-state index contributed by atoms with van der Waals surface area (Å²) in [6.07, 6.45) is -0.631. The van der Waals surface area contributed by atoms with Crippen molar-refractivity contribution in [3.8, 4) is 5.75 Å². The van der Waals surface area contributed by atoms with E-state index >= 15 is 0 Å². The van der Waals surface area contributed by atoms with Crippen LogP contribution in [0.4, 0.5) is 13.2 Å². The number of nitrogens with zero attached hydrogens (tertiary/aromatic N) is 3. The Morgan fingerprint density at radius 3 is 2.63 bits per heavy atom. The third kappa shape index (κ3) is 4.39. The normalized spacial score (nSPS) is 12.2. The van der Waals surface area contributed by atoms with E-state index in [2.05, 4.69) is 10.2 Å². The van der Waals surface area contributed by atoms with Gasteiger partial charge in [-0.3, -0.25) is 0 Å². The summed E-state index contributed by atoms with van der Waals surface area (Å²) < 4.78 is 47.8. The van der Waals surface area contributed by atoms with Crippen molar-refractivity contribution < 1.29 is 17.9 Å². The van der Waals surface area contributed by atoms with Crippen LogP contribution < -0.4 is 4.74 Å². The summed E-state index contributed by atoms with van der Waals surface area (Å²) in [7, 11) is 1.72. The maximum atomic E-state index is 13.9. The van der Waals surface area contributed by atoms with Crippen molar-refractivity contribution in [2.24, 2.45) is 7.05 Å². The van der Waals surface area contributed by atoms with Crippen LogP contribution in [-0.4, -0.2) is 14.8 Å². The lowest BCUT2D eigenvalue weighted by atomic mass is 10.2. The molecule has 0 radical (unpaired) electrons. The highest BCUT2D eigenvalue weighted by atomic mass is 35.5. The maximum Gasteiger partial charge on any atom is 0.191 e. The van der Waals surface area contributed by atoms with Gasteiger partial charge in [0.15, 0.2) is 28.7 Å². The maximum absolute atomic E-state index is 13.9. The van der Waals surface area contributed by atoms with E-state index in [9.17, 15) is 13.2 Å². The molecule has 27 heavy (non-hydrogen) atoms. The molecule has 0 saturated heterocycles.